The number of carbonyl (C=O) groups excluding carboxylic acids is 2. The molecular weight excluding hydrogens is 250 g/mol. The molecule has 0 N–H and O–H groups in total. The van der Waals surface area contributed by atoms with Crippen molar-refractivity contribution in [1.29, 1.82) is 0 Å². The molecule has 0 spiro atoms. The molecular formula is C17H15NO2. The number of rotatable bonds is 1. The van der Waals surface area contributed by atoms with Crippen molar-refractivity contribution in [2.24, 2.45) is 0 Å². The van der Waals surface area contributed by atoms with Gasteiger partial charge in [-0.1, -0.05) is 24.3 Å². The number of carbonyl (C=O) groups is 2. The van der Waals surface area contributed by atoms with Crippen LogP contribution in [0.25, 0.3) is 17.0 Å². The monoisotopic (exact) mass is 265 g/mol. The largest absolute Gasteiger partial charge is 0.290 e. The first-order valence-electron chi connectivity index (χ1n) is 6.69. The number of benzene rings is 1. The minimum atomic E-state index is -0.0271. The van der Waals surface area contributed by atoms with Gasteiger partial charge in [0.2, 0.25) is 5.91 Å². The second-order valence-electron chi connectivity index (χ2n) is 4.97. The Kier molecular flexibility index (Phi) is 3.11. The highest BCUT2D eigenvalue weighted by Gasteiger charge is 2.13. The van der Waals surface area contributed by atoms with Gasteiger partial charge in [0.25, 0.3) is 0 Å². The van der Waals surface area contributed by atoms with E-state index in [2.05, 4.69) is 0 Å². The summed E-state index contributed by atoms with van der Waals surface area (Å²) in [5, 5.41) is 0.998. The lowest BCUT2D eigenvalue weighted by molar-refractivity contribution is -0.111. The van der Waals surface area contributed by atoms with Gasteiger partial charge in [0, 0.05) is 29.6 Å². The highest BCUT2D eigenvalue weighted by atomic mass is 16.1. The molecule has 3 heteroatoms. The topological polar surface area (TPSA) is 39.1 Å². The van der Waals surface area contributed by atoms with Gasteiger partial charge in [-0.3, -0.25) is 14.2 Å². The molecule has 0 unspecified atom stereocenters. The average molecular weight is 265 g/mol. The minimum absolute atomic E-state index is 0.0271. The maximum atomic E-state index is 11.8. The number of aromatic nitrogens is 1. The summed E-state index contributed by atoms with van der Waals surface area (Å²) < 4.78 is 1.63. The number of para-hydroxylation sites is 1. The molecule has 1 aliphatic rings. The van der Waals surface area contributed by atoms with E-state index in [1.165, 1.54) is 6.92 Å². The van der Waals surface area contributed by atoms with E-state index in [-0.39, 0.29) is 11.7 Å². The van der Waals surface area contributed by atoms with Crippen molar-refractivity contribution in [3.8, 4) is 0 Å². The number of nitrogens with zero attached hydrogens (tertiary/aromatic N) is 1. The van der Waals surface area contributed by atoms with Gasteiger partial charge in [0.1, 0.15) is 0 Å². The standard InChI is InChI=1S/C17H15NO2/c1-12(19)18-11-14(15-7-3-4-8-16(15)18)10-13-6-2-5-9-17(13)20/h3-5,7-11H,2,6H2,1H3/b13-10+. The van der Waals surface area contributed by atoms with Crippen molar-refractivity contribution >= 4 is 28.7 Å². The van der Waals surface area contributed by atoms with E-state index in [1.807, 2.05) is 42.6 Å². The molecule has 1 aromatic carbocycles. The molecule has 20 heavy (non-hydrogen) atoms. The maximum absolute atomic E-state index is 11.8. The molecule has 1 heterocycles. The summed E-state index contributed by atoms with van der Waals surface area (Å²) in [5.41, 5.74) is 2.61. The number of hydrogen-bond donors (Lipinski definition) is 0. The van der Waals surface area contributed by atoms with E-state index >= 15 is 0 Å². The van der Waals surface area contributed by atoms with Gasteiger partial charge in [-0.25, -0.2) is 0 Å². The van der Waals surface area contributed by atoms with E-state index in [9.17, 15) is 9.59 Å². The second kappa shape index (κ2) is 4.93. The van der Waals surface area contributed by atoms with Gasteiger partial charge in [-0.2, -0.15) is 0 Å². The summed E-state index contributed by atoms with van der Waals surface area (Å²) in [6.45, 7) is 1.54. The average Bonchev–Trinajstić information content (AvgIpc) is 2.81. The van der Waals surface area contributed by atoms with E-state index in [4.69, 9.17) is 0 Å². The van der Waals surface area contributed by atoms with Crippen LogP contribution < -0.4 is 0 Å². The van der Waals surface area contributed by atoms with Gasteiger partial charge in [0.15, 0.2) is 5.78 Å². The Labute approximate surface area is 117 Å². The van der Waals surface area contributed by atoms with Crippen LogP contribution in [0.1, 0.15) is 30.1 Å². The van der Waals surface area contributed by atoms with Gasteiger partial charge < -0.3 is 0 Å². The molecule has 0 bridgehead atoms. The lowest BCUT2D eigenvalue weighted by Crippen LogP contribution is -2.03. The quantitative estimate of drug-likeness (QED) is 0.739. The Balaban J connectivity index is 2.17. The lowest BCUT2D eigenvalue weighted by atomic mass is 9.97. The predicted molar refractivity (Wildman–Crippen MR) is 79.6 cm³/mol. The number of allylic oxidation sites excluding steroid dienone is 3. The molecule has 1 aliphatic carbocycles. The zero-order chi connectivity index (χ0) is 14.1. The Bertz CT molecular complexity index is 762. The Morgan fingerprint density at radius 2 is 2.10 bits per heavy atom. The van der Waals surface area contributed by atoms with E-state index in [0.717, 1.165) is 34.9 Å². The fourth-order valence-electron chi connectivity index (χ4n) is 2.57. The fourth-order valence-corrected chi connectivity index (χ4v) is 2.57. The number of hydrogen-bond acceptors (Lipinski definition) is 2. The predicted octanol–water partition coefficient (Wildman–Crippen LogP) is 3.60. The normalized spacial score (nSPS) is 17.1. The molecule has 3 nitrogen and oxygen atoms in total. The van der Waals surface area contributed by atoms with Crippen molar-refractivity contribution < 1.29 is 9.59 Å². The van der Waals surface area contributed by atoms with Crippen molar-refractivity contribution in [2.75, 3.05) is 0 Å². The van der Waals surface area contributed by atoms with Crippen molar-refractivity contribution in [3.05, 3.63) is 53.8 Å². The third-order valence-electron chi connectivity index (χ3n) is 3.58. The Hall–Kier alpha value is -2.42. The van der Waals surface area contributed by atoms with Crippen molar-refractivity contribution in [2.45, 2.75) is 19.8 Å². The molecule has 0 saturated heterocycles. The summed E-state index contributed by atoms with van der Waals surface area (Å²) in [6, 6.07) is 7.75. The first-order valence-corrected chi connectivity index (χ1v) is 6.69. The van der Waals surface area contributed by atoms with Gasteiger partial charge in [0.05, 0.1) is 5.52 Å². The van der Waals surface area contributed by atoms with Crippen LogP contribution in [-0.4, -0.2) is 16.3 Å². The SMILES string of the molecule is CC(=O)n1cc(/C=C2\CCC=CC2=O)c2ccccc21. The lowest BCUT2D eigenvalue weighted by Gasteiger charge is -2.06. The van der Waals surface area contributed by atoms with E-state index in [1.54, 1.807) is 10.6 Å². The molecule has 0 amide bonds. The Morgan fingerprint density at radius 3 is 2.85 bits per heavy atom. The van der Waals surface area contributed by atoms with Crippen molar-refractivity contribution in [3.63, 3.8) is 0 Å². The van der Waals surface area contributed by atoms with Crippen LogP contribution in [-0.2, 0) is 4.79 Å². The zero-order valence-corrected chi connectivity index (χ0v) is 11.3. The van der Waals surface area contributed by atoms with Crippen molar-refractivity contribution in [1.82, 2.24) is 4.57 Å². The van der Waals surface area contributed by atoms with Crippen LogP contribution in [0, 0.1) is 0 Å². The first-order chi connectivity index (χ1) is 9.66. The van der Waals surface area contributed by atoms with E-state index in [0.29, 0.717) is 0 Å². The summed E-state index contributed by atoms with van der Waals surface area (Å²) in [7, 11) is 0. The molecule has 0 fully saturated rings. The van der Waals surface area contributed by atoms with Crippen LogP contribution in [0.3, 0.4) is 0 Å². The van der Waals surface area contributed by atoms with Gasteiger partial charge in [-0.05, 0) is 31.1 Å². The zero-order valence-electron chi connectivity index (χ0n) is 11.3. The van der Waals surface area contributed by atoms with Gasteiger partial charge >= 0.3 is 0 Å². The molecule has 3 rings (SSSR count). The van der Waals surface area contributed by atoms with E-state index < -0.39 is 0 Å². The minimum Gasteiger partial charge on any atom is -0.290 e. The third kappa shape index (κ3) is 2.11. The molecule has 0 saturated carbocycles. The molecule has 1 aromatic heterocycles. The highest BCUT2D eigenvalue weighted by molar-refractivity contribution is 6.09. The summed E-state index contributed by atoms with van der Waals surface area (Å²) in [4.78, 5) is 23.5. The maximum Gasteiger partial charge on any atom is 0.227 e. The summed E-state index contributed by atoms with van der Waals surface area (Å²) in [6.07, 6.45) is 8.90. The summed E-state index contributed by atoms with van der Waals surface area (Å²) in [5.74, 6) is 0.0385. The summed E-state index contributed by atoms with van der Waals surface area (Å²) >= 11 is 0. The number of ketones is 1. The molecule has 0 radical (unpaired) electrons. The molecule has 0 atom stereocenters. The van der Waals surface area contributed by atoms with Crippen LogP contribution in [0.15, 0.2) is 48.2 Å². The molecule has 100 valence electrons. The molecule has 2 aromatic rings. The van der Waals surface area contributed by atoms with Crippen LogP contribution >= 0.6 is 0 Å². The second-order valence-corrected chi connectivity index (χ2v) is 4.97. The molecule has 0 aliphatic heterocycles. The highest BCUT2D eigenvalue weighted by Crippen LogP contribution is 2.25. The van der Waals surface area contributed by atoms with Crippen LogP contribution in [0.2, 0.25) is 0 Å². The van der Waals surface area contributed by atoms with Crippen LogP contribution in [0.5, 0.6) is 0 Å². The Morgan fingerprint density at radius 1 is 1.30 bits per heavy atom. The fraction of sp³-hybridized carbons (Fsp3) is 0.176. The third-order valence-corrected chi connectivity index (χ3v) is 3.58. The van der Waals surface area contributed by atoms with Crippen LogP contribution in [0.4, 0.5) is 0 Å². The smallest absolute Gasteiger partial charge is 0.227 e. The number of fused-ring (bicyclic) bond motifs is 1. The van der Waals surface area contributed by atoms with Gasteiger partial charge in [-0.15, -0.1) is 0 Å². The first kappa shape index (κ1) is 12.6.